The number of benzene rings is 1. The maximum absolute atomic E-state index is 6.05. The number of ether oxygens (including phenoxy) is 1. The SMILES string of the molecule is c1cc2c(cc1CC1CCOC3(CCC3)C1)CCCN2. The standard InChI is InChI=1S/C18H25NO/c1-3-16-12-14(4-5-17(16)19-9-1)11-15-6-10-20-18(13-15)7-2-8-18/h4-5,12,15,19H,1-3,6-11,13H2. The van der Waals surface area contributed by atoms with Crippen LogP contribution in [0.2, 0.25) is 0 Å². The van der Waals surface area contributed by atoms with Crippen molar-refractivity contribution in [2.45, 2.75) is 57.0 Å². The summed E-state index contributed by atoms with van der Waals surface area (Å²) in [5.74, 6) is 0.832. The van der Waals surface area contributed by atoms with Crippen LogP contribution in [0.15, 0.2) is 18.2 Å². The molecule has 0 bridgehead atoms. The molecule has 108 valence electrons. The third-order valence-electron chi connectivity index (χ3n) is 5.49. The molecule has 0 aromatic heterocycles. The topological polar surface area (TPSA) is 21.3 Å². The first-order valence-corrected chi connectivity index (χ1v) is 8.33. The molecule has 0 amide bonds. The predicted molar refractivity (Wildman–Crippen MR) is 82.2 cm³/mol. The Balaban J connectivity index is 1.45. The Morgan fingerprint density at radius 2 is 2.20 bits per heavy atom. The zero-order valence-corrected chi connectivity index (χ0v) is 12.3. The Bertz CT molecular complexity index is 492. The van der Waals surface area contributed by atoms with Gasteiger partial charge in [0.05, 0.1) is 5.60 Å². The van der Waals surface area contributed by atoms with Gasteiger partial charge in [-0.3, -0.25) is 0 Å². The number of hydrogen-bond acceptors (Lipinski definition) is 2. The zero-order chi connectivity index (χ0) is 13.4. The summed E-state index contributed by atoms with van der Waals surface area (Å²) < 4.78 is 6.05. The van der Waals surface area contributed by atoms with Gasteiger partial charge in [-0.15, -0.1) is 0 Å². The molecule has 1 aromatic rings. The third kappa shape index (κ3) is 2.35. The minimum Gasteiger partial charge on any atom is -0.385 e. The molecule has 1 aromatic carbocycles. The van der Waals surface area contributed by atoms with Crippen molar-refractivity contribution in [2.24, 2.45) is 5.92 Å². The maximum atomic E-state index is 6.05. The van der Waals surface area contributed by atoms with Crippen LogP contribution in [0.25, 0.3) is 0 Å². The highest BCUT2D eigenvalue weighted by molar-refractivity contribution is 5.54. The summed E-state index contributed by atoms with van der Waals surface area (Å²) in [6.07, 6.45) is 10.3. The molecule has 1 atom stereocenters. The summed E-state index contributed by atoms with van der Waals surface area (Å²) in [4.78, 5) is 0. The number of nitrogens with one attached hydrogen (secondary N) is 1. The van der Waals surface area contributed by atoms with E-state index in [4.69, 9.17) is 4.74 Å². The molecule has 4 rings (SSSR count). The monoisotopic (exact) mass is 271 g/mol. The van der Waals surface area contributed by atoms with Crippen molar-refractivity contribution in [2.75, 3.05) is 18.5 Å². The van der Waals surface area contributed by atoms with Crippen molar-refractivity contribution in [3.8, 4) is 0 Å². The van der Waals surface area contributed by atoms with Gasteiger partial charge in [-0.2, -0.15) is 0 Å². The van der Waals surface area contributed by atoms with Crippen molar-refractivity contribution in [1.82, 2.24) is 0 Å². The average molecular weight is 271 g/mol. The van der Waals surface area contributed by atoms with E-state index in [1.807, 2.05) is 0 Å². The fourth-order valence-corrected chi connectivity index (χ4v) is 4.21. The predicted octanol–water partition coefficient (Wildman–Crippen LogP) is 3.94. The van der Waals surface area contributed by atoms with Gasteiger partial charge < -0.3 is 10.1 Å². The van der Waals surface area contributed by atoms with Crippen LogP contribution >= 0.6 is 0 Å². The molecule has 2 nitrogen and oxygen atoms in total. The summed E-state index contributed by atoms with van der Waals surface area (Å²) >= 11 is 0. The first-order chi connectivity index (χ1) is 9.83. The van der Waals surface area contributed by atoms with Gasteiger partial charge >= 0.3 is 0 Å². The normalized spacial score (nSPS) is 27.5. The van der Waals surface area contributed by atoms with E-state index >= 15 is 0 Å². The lowest BCUT2D eigenvalue weighted by molar-refractivity contribution is -0.143. The molecule has 2 aliphatic heterocycles. The quantitative estimate of drug-likeness (QED) is 0.880. The molecule has 2 heterocycles. The highest BCUT2D eigenvalue weighted by atomic mass is 16.5. The molecule has 0 radical (unpaired) electrons. The van der Waals surface area contributed by atoms with Crippen LogP contribution in [0.3, 0.4) is 0 Å². The maximum Gasteiger partial charge on any atom is 0.0685 e. The van der Waals surface area contributed by atoms with Gasteiger partial charge in [0.1, 0.15) is 0 Å². The van der Waals surface area contributed by atoms with E-state index in [2.05, 4.69) is 23.5 Å². The van der Waals surface area contributed by atoms with E-state index in [0.717, 1.165) is 19.1 Å². The Morgan fingerprint density at radius 1 is 1.25 bits per heavy atom. The van der Waals surface area contributed by atoms with Gasteiger partial charge in [-0.1, -0.05) is 12.1 Å². The van der Waals surface area contributed by atoms with Crippen molar-refractivity contribution >= 4 is 5.69 Å². The van der Waals surface area contributed by atoms with Gasteiger partial charge in [0, 0.05) is 18.8 Å². The lowest BCUT2D eigenvalue weighted by Gasteiger charge is -2.47. The Hall–Kier alpha value is -1.02. The number of rotatable bonds is 2. The highest BCUT2D eigenvalue weighted by Crippen LogP contribution is 2.45. The molecule has 3 aliphatic rings. The molecule has 1 spiro atoms. The molecular weight excluding hydrogens is 246 g/mol. The molecule has 1 N–H and O–H groups in total. The van der Waals surface area contributed by atoms with Crippen molar-refractivity contribution in [1.29, 1.82) is 0 Å². The lowest BCUT2D eigenvalue weighted by atomic mass is 9.71. The molecule has 1 saturated heterocycles. The molecule has 2 fully saturated rings. The van der Waals surface area contributed by atoms with Crippen LogP contribution in [-0.4, -0.2) is 18.8 Å². The zero-order valence-electron chi connectivity index (χ0n) is 12.3. The van der Waals surface area contributed by atoms with Gasteiger partial charge in [-0.25, -0.2) is 0 Å². The first-order valence-electron chi connectivity index (χ1n) is 8.33. The average Bonchev–Trinajstić information content (AvgIpc) is 2.46. The Morgan fingerprint density at radius 3 is 3.05 bits per heavy atom. The minimum atomic E-state index is 0.290. The van der Waals surface area contributed by atoms with E-state index < -0.39 is 0 Å². The van der Waals surface area contributed by atoms with Gasteiger partial charge in [-0.05, 0) is 74.5 Å². The largest absolute Gasteiger partial charge is 0.385 e. The number of anilines is 1. The summed E-state index contributed by atoms with van der Waals surface area (Å²) in [5, 5.41) is 3.50. The first kappa shape index (κ1) is 12.7. The minimum absolute atomic E-state index is 0.290. The number of aryl methyl sites for hydroxylation is 1. The van der Waals surface area contributed by atoms with Gasteiger partial charge in [0.25, 0.3) is 0 Å². The van der Waals surface area contributed by atoms with Crippen LogP contribution in [0.5, 0.6) is 0 Å². The fraction of sp³-hybridized carbons (Fsp3) is 0.667. The second-order valence-corrected chi connectivity index (χ2v) is 6.97. The van der Waals surface area contributed by atoms with Gasteiger partial charge in [0.2, 0.25) is 0 Å². The van der Waals surface area contributed by atoms with Crippen molar-refractivity contribution < 1.29 is 4.74 Å². The molecule has 1 unspecified atom stereocenters. The van der Waals surface area contributed by atoms with Gasteiger partial charge in [0.15, 0.2) is 0 Å². The second-order valence-electron chi connectivity index (χ2n) is 6.97. The summed E-state index contributed by atoms with van der Waals surface area (Å²) in [6, 6.07) is 7.08. The van der Waals surface area contributed by atoms with Crippen LogP contribution in [-0.2, 0) is 17.6 Å². The van der Waals surface area contributed by atoms with E-state index in [1.165, 1.54) is 68.2 Å². The molecule has 2 heteroatoms. The molecular formula is C18H25NO. The molecule has 1 saturated carbocycles. The second kappa shape index (κ2) is 5.07. The van der Waals surface area contributed by atoms with E-state index in [1.54, 1.807) is 0 Å². The van der Waals surface area contributed by atoms with Crippen LogP contribution in [0, 0.1) is 5.92 Å². The van der Waals surface area contributed by atoms with E-state index in [-0.39, 0.29) is 0 Å². The number of fused-ring (bicyclic) bond motifs is 1. The summed E-state index contributed by atoms with van der Waals surface area (Å²) in [5.41, 5.74) is 4.72. The Labute approximate surface area is 121 Å². The summed E-state index contributed by atoms with van der Waals surface area (Å²) in [6.45, 7) is 2.12. The smallest absolute Gasteiger partial charge is 0.0685 e. The van der Waals surface area contributed by atoms with E-state index in [0.29, 0.717) is 5.60 Å². The highest BCUT2D eigenvalue weighted by Gasteiger charge is 2.42. The molecule has 20 heavy (non-hydrogen) atoms. The number of hydrogen-bond donors (Lipinski definition) is 1. The fourth-order valence-electron chi connectivity index (χ4n) is 4.21. The van der Waals surface area contributed by atoms with Crippen LogP contribution < -0.4 is 5.32 Å². The summed E-state index contributed by atoms with van der Waals surface area (Å²) in [7, 11) is 0. The van der Waals surface area contributed by atoms with Crippen LogP contribution in [0.1, 0.15) is 49.7 Å². The van der Waals surface area contributed by atoms with E-state index in [9.17, 15) is 0 Å². The third-order valence-corrected chi connectivity index (χ3v) is 5.49. The van der Waals surface area contributed by atoms with Crippen LogP contribution in [0.4, 0.5) is 5.69 Å². The van der Waals surface area contributed by atoms with Crippen molar-refractivity contribution in [3.63, 3.8) is 0 Å². The Kier molecular flexibility index (Phi) is 3.22. The van der Waals surface area contributed by atoms with Crippen molar-refractivity contribution in [3.05, 3.63) is 29.3 Å². The molecule has 1 aliphatic carbocycles. The lowest BCUT2D eigenvalue weighted by Crippen LogP contribution is -2.45.